The van der Waals surface area contributed by atoms with E-state index in [0.717, 1.165) is 0 Å². The number of hydrogen-bond acceptors (Lipinski definition) is 4. The predicted molar refractivity (Wildman–Crippen MR) is 59.4 cm³/mol. The Morgan fingerprint density at radius 1 is 1.53 bits per heavy atom. The Morgan fingerprint density at radius 3 is 3.00 bits per heavy atom. The fourth-order valence-electron chi connectivity index (χ4n) is 1.44. The van der Waals surface area contributed by atoms with E-state index in [2.05, 4.69) is 15.4 Å². The van der Waals surface area contributed by atoms with Crippen molar-refractivity contribution in [2.75, 3.05) is 5.32 Å². The first-order valence-corrected chi connectivity index (χ1v) is 4.97. The van der Waals surface area contributed by atoms with Crippen LogP contribution in [0.2, 0.25) is 0 Å². The number of rotatable bonds is 3. The summed E-state index contributed by atoms with van der Waals surface area (Å²) in [5.41, 5.74) is 0.463. The molecule has 1 aromatic heterocycles. The van der Waals surface area contributed by atoms with Crippen LogP contribution in [0.4, 0.5) is 10.1 Å². The molecule has 0 radical (unpaired) electrons. The Kier molecular flexibility index (Phi) is 3.01. The van der Waals surface area contributed by atoms with Crippen LogP contribution >= 0.6 is 0 Å². The number of benzene rings is 1. The van der Waals surface area contributed by atoms with E-state index in [9.17, 15) is 4.39 Å². The monoisotopic (exact) mass is 231 g/mol. The molecular weight excluding hydrogens is 221 g/mol. The number of aromatic nitrogens is 3. The summed E-state index contributed by atoms with van der Waals surface area (Å²) in [5.74, 6) is 0.175. The molecule has 2 aromatic rings. The third-order valence-electron chi connectivity index (χ3n) is 2.37. The normalized spacial score (nSPS) is 9.94. The summed E-state index contributed by atoms with van der Waals surface area (Å²) < 4.78 is 14.9. The van der Waals surface area contributed by atoms with Crippen LogP contribution in [0.3, 0.4) is 0 Å². The van der Waals surface area contributed by atoms with Crippen LogP contribution in [-0.2, 0) is 13.6 Å². The summed E-state index contributed by atoms with van der Waals surface area (Å²) in [6.45, 7) is 0.384. The molecule has 0 spiro atoms. The van der Waals surface area contributed by atoms with E-state index >= 15 is 0 Å². The Balaban J connectivity index is 2.18. The zero-order valence-corrected chi connectivity index (χ0v) is 9.18. The van der Waals surface area contributed by atoms with Crippen LogP contribution in [0, 0.1) is 17.1 Å². The van der Waals surface area contributed by atoms with Crippen LogP contribution in [0.15, 0.2) is 24.5 Å². The second kappa shape index (κ2) is 4.61. The first-order chi connectivity index (χ1) is 8.22. The van der Waals surface area contributed by atoms with Gasteiger partial charge in [-0.2, -0.15) is 10.4 Å². The van der Waals surface area contributed by atoms with E-state index in [-0.39, 0.29) is 5.56 Å². The fourth-order valence-corrected chi connectivity index (χ4v) is 1.44. The quantitative estimate of drug-likeness (QED) is 0.867. The van der Waals surface area contributed by atoms with Crippen LogP contribution in [0.1, 0.15) is 11.4 Å². The van der Waals surface area contributed by atoms with Crippen molar-refractivity contribution in [2.24, 2.45) is 7.05 Å². The molecule has 0 saturated heterocycles. The lowest BCUT2D eigenvalue weighted by atomic mass is 10.2. The van der Waals surface area contributed by atoms with Gasteiger partial charge in [-0.1, -0.05) is 6.07 Å². The molecule has 0 atom stereocenters. The number of hydrogen-bond donors (Lipinski definition) is 1. The predicted octanol–water partition coefficient (Wildman–Crippen LogP) is 1.44. The van der Waals surface area contributed by atoms with Crippen LogP contribution in [-0.4, -0.2) is 14.8 Å². The molecule has 5 nitrogen and oxygen atoms in total. The van der Waals surface area contributed by atoms with Crippen molar-refractivity contribution in [1.82, 2.24) is 14.8 Å². The molecule has 0 aliphatic rings. The highest BCUT2D eigenvalue weighted by Crippen LogP contribution is 2.18. The Hall–Kier alpha value is -2.42. The lowest BCUT2D eigenvalue weighted by Gasteiger charge is -2.07. The molecule has 17 heavy (non-hydrogen) atoms. The maximum atomic E-state index is 13.3. The van der Waals surface area contributed by atoms with Crippen LogP contribution < -0.4 is 5.32 Å². The minimum atomic E-state index is -0.532. The van der Waals surface area contributed by atoms with Gasteiger partial charge in [-0.15, -0.1) is 0 Å². The second-order valence-electron chi connectivity index (χ2n) is 3.43. The van der Waals surface area contributed by atoms with Crippen molar-refractivity contribution in [3.8, 4) is 6.07 Å². The lowest BCUT2D eigenvalue weighted by molar-refractivity contribution is 0.624. The first-order valence-electron chi connectivity index (χ1n) is 4.97. The molecular formula is C11H10FN5. The highest BCUT2D eigenvalue weighted by molar-refractivity contribution is 5.57. The topological polar surface area (TPSA) is 66.5 Å². The number of nitrogens with zero attached hydrogens (tertiary/aromatic N) is 4. The van der Waals surface area contributed by atoms with Crippen molar-refractivity contribution in [1.29, 1.82) is 5.26 Å². The minimum absolute atomic E-state index is 0.00895. The third-order valence-corrected chi connectivity index (χ3v) is 2.37. The van der Waals surface area contributed by atoms with Gasteiger partial charge in [0.05, 0.1) is 12.2 Å². The molecule has 1 N–H and O–H groups in total. The van der Waals surface area contributed by atoms with E-state index in [0.29, 0.717) is 18.1 Å². The highest BCUT2D eigenvalue weighted by atomic mass is 19.1. The summed E-state index contributed by atoms with van der Waals surface area (Å²) in [7, 11) is 1.76. The van der Waals surface area contributed by atoms with Gasteiger partial charge in [-0.25, -0.2) is 9.37 Å². The number of aryl methyl sites for hydroxylation is 1. The molecule has 2 rings (SSSR count). The average molecular weight is 231 g/mol. The number of nitriles is 1. The smallest absolute Gasteiger partial charge is 0.145 e. The number of nitrogens with one attached hydrogen (secondary N) is 1. The molecule has 0 fully saturated rings. The molecule has 0 saturated carbocycles. The molecule has 0 bridgehead atoms. The molecule has 1 aromatic carbocycles. The molecule has 6 heteroatoms. The van der Waals surface area contributed by atoms with Gasteiger partial charge >= 0.3 is 0 Å². The minimum Gasteiger partial charge on any atom is -0.377 e. The largest absolute Gasteiger partial charge is 0.377 e. The molecule has 1 heterocycles. The molecule has 86 valence electrons. The summed E-state index contributed by atoms with van der Waals surface area (Å²) in [4.78, 5) is 4.02. The SMILES string of the molecule is Cn1ncnc1CNc1cccc(F)c1C#N. The zero-order chi connectivity index (χ0) is 12.3. The van der Waals surface area contributed by atoms with Gasteiger partial charge in [0, 0.05) is 7.05 Å². The Bertz CT molecular complexity index is 569. The van der Waals surface area contributed by atoms with Crippen LogP contribution in [0.25, 0.3) is 0 Å². The summed E-state index contributed by atoms with van der Waals surface area (Å²) >= 11 is 0. The van der Waals surface area contributed by atoms with Gasteiger partial charge in [0.25, 0.3) is 0 Å². The summed E-state index contributed by atoms with van der Waals surface area (Å²) in [5, 5.41) is 15.7. The molecule has 0 aliphatic heterocycles. The maximum Gasteiger partial charge on any atom is 0.145 e. The van der Waals surface area contributed by atoms with Crippen molar-refractivity contribution < 1.29 is 4.39 Å². The van der Waals surface area contributed by atoms with Gasteiger partial charge in [-0.05, 0) is 12.1 Å². The number of halogens is 1. The van der Waals surface area contributed by atoms with E-state index < -0.39 is 5.82 Å². The molecule has 0 amide bonds. The summed E-state index contributed by atoms with van der Waals surface area (Å²) in [6.07, 6.45) is 1.44. The van der Waals surface area contributed by atoms with Gasteiger partial charge in [-0.3, -0.25) is 4.68 Å². The van der Waals surface area contributed by atoms with Crippen molar-refractivity contribution in [3.63, 3.8) is 0 Å². The second-order valence-corrected chi connectivity index (χ2v) is 3.43. The van der Waals surface area contributed by atoms with E-state index in [4.69, 9.17) is 5.26 Å². The maximum absolute atomic E-state index is 13.3. The fraction of sp³-hybridized carbons (Fsp3) is 0.182. The van der Waals surface area contributed by atoms with Crippen LogP contribution in [0.5, 0.6) is 0 Å². The van der Waals surface area contributed by atoms with E-state index in [1.165, 1.54) is 12.4 Å². The standard InChI is InChI=1S/C11H10FN5/c1-17-11(15-7-16-17)6-14-10-4-2-3-9(12)8(10)5-13/h2-4,7,14H,6H2,1H3. The average Bonchev–Trinajstić information content (AvgIpc) is 2.72. The van der Waals surface area contributed by atoms with E-state index in [1.807, 2.05) is 6.07 Å². The van der Waals surface area contributed by atoms with Gasteiger partial charge in [0.2, 0.25) is 0 Å². The van der Waals surface area contributed by atoms with Crippen molar-refractivity contribution in [2.45, 2.75) is 6.54 Å². The Labute approximate surface area is 97.5 Å². The molecule has 0 unspecified atom stereocenters. The van der Waals surface area contributed by atoms with Gasteiger partial charge in [0.15, 0.2) is 0 Å². The zero-order valence-electron chi connectivity index (χ0n) is 9.18. The molecule has 0 aliphatic carbocycles. The number of anilines is 1. The highest BCUT2D eigenvalue weighted by Gasteiger charge is 2.08. The first kappa shape index (κ1) is 11.1. The third kappa shape index (κ3) is 2.23. The van der Waals surface area contributed by atoms with Gasteiger partial charge in [0.1, 0.15) is 29.6 Å². The summed E-state index contributed by atoms with van der Waals surface area (Å²) in [6, 6.07) is 6.29. The van der Waals surface area contributed by atoms with Crippen molar-refractivity contribution in [3.05, 3.63) is 41.7 Å². The van der Waals surface area contributed by atoms with E-state index in [1.54, 1.807) is 23.9 Å². The van der Waals surface area contributed by atoms with Crippen molar-refractivity contribution >= 4 is 5.69 Å². The Morgan fingerprint density at radius 2 is 2.35 bits per heavy atom. The lowest BCUT2D eigenvalue weighted by Crippen LogP contribution is -2.08. The van der Waals surface area contributed by atoms with Gasteiger partial charge < -0.3 is 5.32 Å².